The van der Waals surface area contributed by atoms with Gasteiger partial charge >= 0.3 is 0 Å². The second-order valence-corrected chi connectivity index (χ2v) is 4.60. The minimum Gasteiger partial charge on any atom is -0.313 e. The Morgan fingerprint density at radius 1 is 1.12 bits per heavy atom. The number of nitrogens with one attached hydrogen (secondary N) is 1. The van der Waals surface area contributed by atoms with Gasteiger partial charge in [0.2, 0.25) is 0 Å². The summed E-state index contributed by atoms with van der Waals surface area (Å²) in [5.74, 6) is 0.910. The van der Waals surface area contributed by atoms with Gasteiger partial charge in [0.15, 0.2) is 0 Å². The first-order valence-corrected chi connectivity index (χ1v) is 6.35. The highest BCUT2D eigenvalue weighted by molar-refractivity contribution is 5.14. The number of hydrogen-bond donors (Lipinski definition) is 1. The Kier molecular flexibility index (Phi) is 4.63. The molecule has 0 amide bonds. The van der Waals surface area contributed by atoms with Crippen LogP contribution in [0.3, 0.4) is 0 Å². The van der Waals surface area contributed by atoms with Crippen molar-refractivity contribution in [3.8, 4) is 0 Å². The molecule has 0 bridgehead atoms. The van der Waals surface area contributed by atoms with E-state index in [9.17, 15) is 0 Å². The normalized spacial score (nSPS) is 19.9. The number of rotatable bonds is 5. The summed E-state index contributed by atoms with van der Waals surface area (Å²) in [6.45, 7) is 2.15. The molecule has 1 aliphatic carbocycles. The van der Waals surface area contributed by atoms with E-state index in [4.69, 9.17) is 0 Å². The van der Waals surface area contributed by atoms with Gasteiger partial charge in [0.1, 0.15) is 0 Å². The van der Waals surface area contributed by atoms with E-state index in [1.54, 1.807) is 0 Å². The van der Waals surface area contributed by atoms with E-state index in [1.807, 2.05) is 0 Å². The second-order valence-electron chi connectivity index (χ2n) is 4.60. The van der Waals surface area contributed by atoms with Crippen molar-refractivity contribution >= 4 is 0 Å². The fourth-order valence-corrected chi connectivity index (χ4v) is 2.25. The summed E-state index contributed by atoms with van der Waals surface area (Å²) in [6, 6.07) is 10.6. The minimum absolute atomic E-state index is 0.910. The quantitative estimate of drug-likeness (QED) is 0.585. The van der Waals surface area contributed by atoms with Crippen molar-refractivity contribution in [2.75, 3.05) is 6.54 Å². The van der Waals surface area contributed by atoms with E-state index in [0.29, 0.717) is 0 Å². The van der Waals surface area contributed by atoms with E-state index in [0.717, 1.165) is 19.0 Å². The molecule has 1 atom stereocenters. The first kappa shape index (κ1) is 11.4. The lowest BCUT2D eigenvalue weighted by molar-refractivity contribution is 0.430. The number of allylic oxidation sites excluding steroid dienone is 2. The van der Waals surface area contributed by atoms with Crippen LogP contribution in [0.5, 0.6) is 0 Å². The Hall–Kier alpha value is -1.08. The molecular weight excluding hydrogens is 194 g/mol. The van der Waals surface area contributed by atoms with Gasteiger partial charge in [-0.05, 0) is 43.7 Å². The molecule has 1 unspecified atom stereocenters. The van der Waals surface area contributed by atoms with Crippen LogP contribution in [0.2, 0.25) is 0 Å². The monoisotopic (exact) mass is 215 g/mol. The predicted octanol–water partition coefficient (Wildman–Crippen LogP) is 3.52. The minimum atomic E-state index is 0.910. The second kappa shape index (κ2) is 6.49. The summed E-state index contributed by atoms with van der Waals surface area (Å²) in [5.41, 5.74) is 1.38. The van der Waals surface area contributed by atoms with E-state index < -0.39 is 0 Å². The van der Waals surface area contributed by atoms with E-state index in [2.05, 4.69) is 47.8 Å². The van der Waals surface area contributed by atoms with Crippen LogP contribution in [0, 0.1) is 5.92 Å². The molecule has 1 N–H and O–H groups in total. The highest BCUT2D eigenvalue weighted by atomic mass is 14.8. The Bertz CT molecular complexity index is 315. The maximum atomic E-state index is 3.52. The predicted molar refractivity (Wildman–Crippen MR) is 69.2 cm³/mol. The summed E-state index contributed by atoms with van der Waals surface area (Å²) in [7, 11) is 0. The Morgan fingerprint density at radius 2 is 2.00 bits per heavy atom. The molecule has 1 aromatic carbocycles. The summed E-state index contributed by atoms with van der Waals surface area (Å²) in [5, 5.41) is 3.52. The molecule has 0 fully saturated rings. The molecule has 0 saturated carbocycles. The molecule has 0 saturated heterocycles. The lowest BCUT2D eigenvalue weighted by Crippen LogP contribution is -2.18. The summed E-state index contributed by atoms with van der Waals surface area (Å²) in [6.07, 6.45) is 9.91. The fourth-order valence-electron chi connectivity index (χ4n) is 2.25. The molecule has 1 aliphatic rings. The summed E-state index contributed by atoms with van der Waals surface area (Å²) >= 11 is 0. The molecule has 1 nitrogen and oxygen atoms in total. The van der Waals surface area contributed by atoms with Crippen molar-refractivity contribution in [1.29, 1.82) is 0 Å². The van der Waals surface area contributed by atoms with Gasteiger partial charge in [0, 0.05) is 6.54 Å². The van der Waals surface area contributed by atoms with Gasteiger partial charge < -0.3 is 5.32 Å². The van der Waals surface area contributed by atoms with Crippen LogP contribution in [0.25, 0.3) is 0 Å². The van der Waals surface area contributed by atoms with Gasteiger partial charge in [-0.1, -0.05) is 42.5 Å². The van der Waals surface area contributed by atoms with Crippen molar-refractivity contribution in [3.05, 3.63) is 48.0 Å². The van der Waals surface area contributed by atoms with Crippen molar-refractivity contribution in [2.24, 2.45) is 5.92 Å². The highest BCUT2D eigenvalue weighted by Crippen LogP contribution is 2.20. The smallest absolute Gasteiger partial charge is 0.0205 e. The average Bonchev–Trinajstić information content (AvgIpc) is 2.37. The molecule has 0 aliphatic heterocycles. The molecule has 86 valence electrons. The van der Waals surface area contributed by atoms with E-state index >= 15 is 0 Å². The van der Waals surface area contributed by atoms with Crippen LogP contribution in [0.15, 0.2) is 42.5 Å². The molecule has 0 aromatic heterocycles. The largest absolute Gasteiger partial charge is 0.313 e. The molecule has 16 heavy (non-hydrogen) atoms. The topological polar surface area (TPSA) is 12.0 Å². The van der Waals surface area contributed by atoms with Gasteiger partial charge in [0.25, 0.3) is 0 Å². The maximum absolute atomic E-state index is 3.52. The van der Waals surface area contributed by atoms with Crippen LogP contribution in [0.1, 0.15) is 31.2 Å². The van der Waals surface area contributed by atoms with Crippen molar-refractivity contribution < 1.29 is 0 Å². The Labute approximate surface area is 98.6 Å². The lowest BCUT2D eigenvalue weighted by atomic mass is 9.91. The first-order chi connectivity index (χ1) is 7.95. The van der Waals surface area contributed by atoms with Crippen LogP contribution < -0.4 is 5.32 Å². The van der Waals surface area contributed by atoms with Crippen LogP contribution in [-0.4, -0.2) is 6.54 Å². The van der Waals surface area contributed by atoms with E-state index in [-0.39, 0.29) is 0 Å². The molecule has 1 aromatic rings. The van der Waals surface area contributed by atoms with Gasteiger partial charge in [-0.15, -0.1) is 0 Å². The molecule has 0 radical (unpaired) electrons. The van der Waals surface area contributed by atoms with Gasteiger partial charge in [0.05, 0.1) is 0 Å². The average molecular weight is 215 g/mol. The Balaban J connectivity index is 1.60. The molecule has 2 rings (SSSR count). The third kappa shape index (κ3) is 3.82. The number of hydrogen-bond acceptors (Lipinski definition) is 1. The van der Waals surface area contributed by atoms with Crippen LogP contribution in [0.4, 0.5) is 0 Å². The fraction of sp³-hybridized carbons (Fsp3) is 0.467. The highest BCUT2D eigenvalue weighted by Gasteiger charge is 2.08. The number of benzene rings is 1. The van der Waals surface area contributed by atoms with Crippen LogP contribution >= 0.6 is 0 Å². The third-order valence-corrected chi connectivity index (χ3v) is 3.28. The zero-order valence-corrected chi connectivity index (χ0v) is 9.86. The lowest BCUT2D eigenvalue weighted by Gasteiger charge is -2.17. The van der Waals surface area contributed by atoms with Gasteiger partial charge in [-0.3, -0.25) is 0 Å². The van der Waals surface area contributed by atoms with Crippen molar-refractivity contribution in [2.45, 2.75) is 32.2 Å². The van der Waals surface area contributed by atoms with E-state index in [1.165, 1.54) is 31.2 Å². The van der Waals surface area contributed by atoms with Crippen molar-refractivity contribution in [3.63, 3.8) is 0 Å². The standard InChI is InChI=1S/C15H21N/c1-3-7-14(8-4-1)11-12-16-13-15-9-5-2-6-10-15/h1-3,5-6,9-10,14,16H,4,7-8,11-13H2. The Morgan fingerprint density at radius 3 is 2.75 bits per heavy atom. The molecule has 1 heteroatoms. The molecule has 0 spiro atoms. The molecule has 0 heterocycles. The SMILES string of the molecule is C1=CCC(CCNCc2ccccc2)CC1. The van der Waals surface area contributed by atoms with Crippen LogP contribution in [-0.2, 0) is 6.54 Å². The molecular formula is C15H21N. The van der Waals surface area contributed by atoms with Crippen molar-refractivity contribution in [1.82, 2.24) is 5.32 Å². The maximum Gasteiger partial charge on any atom is 0.0205 e. The summed E-state index contributed by atoms with van der Waals surface area (Å²) < 4.78 is 0. The van der Waals surface area contributed by atoms with Gasteiger partial charge in [-0.2, -0.15) is 0 Å². The third-order valence-electron chi connectivity index (χ3n) is 3.28. The van der Waals surface area contributed by atoms with Gasteiger partial charge in [-0.25, -0.2) is 0 Å². The zero-order chi connectivity index (χ0) is 11.1. The zero-order valence-electron chi connectivity index (χ0n) is 9.86. The summed E-state index contributed by atoms with van der Waals surface area (Å²) in [4.78, 5) is 0. The first-order valence-electron chi connectivity index (χ1n) is 6.35.